The van der Waals surface area contributed by atoms with Gasteiger partial charge in [-0.3, -0.25) is 0 Å². The van der Waals surface area contributed by atoms with Crippen molar-refractivity contribution in [3.63, 3.8) is 0 Å². The molecule has 26 heavy (non-hydrogen) atoms. The normalized spacial score (nSPS) is 21.8. The molecule has 2 unspecified atom stereocenters. The maximum absolute atomic E-state index is 11.0. The van der Waals surface area contributed by atoms with Crippen molar-refractivity contribution in [3.05, 3.63) is 46.1 Å². The van der Waals surface area contributed by atoms with E-state index in [-0.39, 0.29) is 12.5 Å². The van der Waals surface area contributed by atoms with Gasteiger partial charge < -0.3 is 24.2 Å². The molecule has 0 bridgehead atoms. The van der Waals surface area contributed by atoms with Gasteiger partial charge in [-0.15, -0.1) is 0 Å². The summed E-state index contributed by atoms with van der Waals surface area (Å²) in [4.78, 5) is 17.1. The fraction of sp³-hybridized carbons (Fsp3) is 0.294. The third-order valence-electron chi connectivity index (χ3n) is 4.04. The molecule has 0 radical (unpaired) electrons. The molecule has 0 aromatic heterocycles. The number of methoxy groups -OCH3 is 2. The fourth-order valence-electron chi connectivity index (χ4n) is 2.95. The standard InChI is InChI=1S/C17H16Cl2N2O5/c1-24-13-4-3-9(5-14(13)25-2)12-7-15(26-17(22)23)20-16-11(19)6-10(18)8-21(12)16/h3-6,8,12,15H,7H2,1-2H3,(H,22,23). The second kappa shape index (κ2) is 7.47. The van der Waals surface area contributed by atoms with Gasteiger partial charge in [0.15, 0.2) is 17.3 Å². The molecule has 7 nitrogen and oxygen atoms in total. The predicted molar refractivity (Wildman–Crippen MR) is 96.9 cm³/mol. The van der Waals surface area contributed by atoms with Crippen molar-refractivity contribution >= 4 is 35.2 Å². The van der Waals surface area contributed by atoms with Gasteiger partial charge >= 0.3 is 6.16 Å². The Bertz CT molecular complexity index is 821. The van der Waals surface area contributed by atoms with Crippen LogP contribution in [0.25, 0.3) is 0 Å². The molecule has 9 heteroatoms. The Balaban J connectivity index is 2.04. The number of amidine groups is 1. The number of ether oxygens (including phenoxy) is 3. The van der Waals surface area contributed by atoms with Crippen LogP contribution in [0, 0.1) is 0 Å². The lowest BCUT2D eigenvalue weighted by Gasteiger charge is -2.38. The van der Waals surface area contributed by atoms with Crippen LogP contribution in [0.1, 0.15) is 18.0 Å². The molecule has 0 spiro atoms. The minimum atomic E-state index is -1.40. The Morgan fingerprint density at radius 1 is 1.27 bits per heavy atom. The summed E-state index contributed by atoms with van der Waals surface area (Å²) < 4.78 is 15.5. The van der Waals surface area contributed by atoms with E-state index in [0.717, 1.165) is 5.56 Å². The highest BCUT2D eigenvalue weighted by atomic mass is 35.5. The first kappa shape index (κ1) is 18.4. The molecule has 0 saturated heterocycles. The number of rotatable bonds is 4. The van der Waals surface area contributed by atoms with Gasteiger partial charge in [-0.05, 0) is 23.8 Å². The lowest BCUT2D eigenvalue weighted by molar-refractivity contribution is 0.0388. The Kier molecular flexibility index (Phi) is 5.29. The van der Waals surface area contributed by atoms with Gasteiger partial charge in [-0.1, -0.05) is 29.3 Å². The smallest absolute Gasteiger partial charge is 0.493 e. The summed E-state index contributed by atoms with van der Waals surface area (Å²) >= 11 is 12.4. The number of carbonyl (C=O) groups is 1. The van der Waals surface area contributed by atoms with Gasteiger partial charge in [0.05, 0.1) is 30.3 Å². The monoisotopic (exact) mass is 398 g/mol. The maximum Gasteiger partial charge on any atom is 0.507 e. The van der Waals surface area contributed by atoms with E-state index in [1.54, 1.807) is 37.5 Å². The molecule has 1 aromatic carbocycles. The van der Waals surface area contributed by atoms with E-state index in [9.17, 15) is 4.79 Å². The average Bonchev–Trinajstić information content (AvgIpc) is 2.60. The van der Waals surface area contributed by atoms with Gasteiger partial charge in [0.25, 0.3) is 0 Å². The quantitative estimate of drug-likeness (QED) is 0.769. The Morgan fingerprint density at radius 2 is 2.00 bits per heavy atom. The maximum atomic E-state index is 11.0. The number of hydrogen-bond acceptors (Lipinski definition) is 6. The number of carboxylic acid groups (broad SMARTS) is 1. The summed E-state index contributed by atoms with van der Waals surface area (Å²) in [6.07, 6.45) is 1.25. The van der Waals surface area contributed by atoms with Crippen LogP contribution in [0.15, 0.2) is 45.5 Å². The first-order valence-corrected chi connectivity index (χ1v) is 8.41. The summed E-state index contributed by atoms with van der Waals surface area (Å²) in [5.41, 5.74) is 0.848. The molecular formula is C17H16Cl2N2O5. The van der Waals surface area contributed by atoms with Crippen LogP contribution in [0.5, 0.6) is 11.5 Å². The van der Waals surface area contributed by atoms with Crippen molar-refractivity contribution in [1.82, 2.24) is 4.90 Å². The summed E-state index contributed by atoms with van der Waals surface area (Å²) in [6, 6.07) is 5.15. The lowest BCUT2D eigenvalue weighted by atomic mass is 9.98. The van der Waals surface area contributed by atoms with Crippen molar-refractivity contribution in [3.8, 4) is 11.5 Å². The van der Waals surface area contributed by atoms with Gasteiger partial charge in [-0.2, -0.15) is 0 Å². The number of halogens is 2. The zero-order valence-corrected chi connectivity index (χ0v) is 15.5. The first-order chi connectivity index (χ1) is 12.4. The first-order valence-electron chi connectivity index (χ1n) is 7.65. The number of benzene rings is 1. The molecule has 2 aliphatic rings. The van der Waals surface area contributed by atoms with Crippen LogP contribution in [-0.4, -0.2) is 42.4 Å². The number of fused-ring (bicyclic) bond motifs is 1. The van der Waals surface area contributed by atoms with Crippen LogP contribution >= 0.6 is 23.2 Å². The van der Waals surface area contributed by atoms with Crippen molar-refractivity contribution in [2.24, 2.45) is 4.99 Å². The van der Waals surface area contributed by atoms with Crippen molar-refractivity contribution in [1.29, 1.82) is 0 Å². The topological polar surface area (TPSA) is 80.6 Å². The number of hydrogen-bond donors (Lipinski definition) is 1. The fourth-order valence-corrected chi connectivity index (χ4v) is 3.48. The largest absolute Gasteiger partial charge is 0.507 e. The van der Waals surface area contributed by atoms with E-state index in [0.29, 0.717) is 27.4 Å². The van der Waals surface area contributed by atoms with E-state index < -0.39 is 12.4 Å². The third kappa shape index (κ3) is 3.59. The van der Waals surface area contributed by atoms with Crippen LogP contribution in [0.2, 0.25) is 0 Å². The minimum absolute atomic E-state index is 0.288. The summed E-state index contributed by atoms with van der Waals surface area (Å²) in [5, 5.41) is 9.70. The molecule has 2 aliphatic heterocycles. The van der Waals surface area contributed by atoms with E-state index in [1.165, 1.54) is 0 Å². The van der Waals surface area contributed by atoms with E-state index in [4.69, 9.17) is 42.5 Å². The van der Waals surface area contributed by atoms with Gasteiger partial charge in [0.1, 0.15) is 0 Å². The molecule has 2 heterocycles. The second-order valence-electron chi connectivity index (χ2n) is 5.57. The Hall–Kier alpha value is -2.38. The van der Waals surface area contributed by atoms with Crippen LogP contribution in [-0.2, 0) is 4.74 Å². The summed E-state index contributed by atoms with van der Waals surface area (Å²) in [5.74, 6) is 1.54. The van der Waals surface area contributed by atoms with Crippen molar-refractivity contribution in [2.75, 3.05) is 14.2 Å². The molecule has 138 valence electrons. The highest BCUT2D eigenvalue weighted by Crippen LogP contribution is 2.40. The molecule has 0 saturated carbocycles. The predicted octanol–water partition coefficient (Wildman–Crippen LogP) is 4.09. The van der Waals surface area contributed by atoms with Crippen molar-refractivity contribution < 1.29 is 24.1 Å². The molecular weight excluding hydrogens is 383 g/mol. The highest BCUT2D eigenvalue weighted by molar-refractivity contribution is 6.45. The molecule has 3 rings (SSSR count). The Labute approximate surface area is 160 Å². The van der Waals surface area contributed by atoms with Crippen LogP contribution < -0.4 is 9.47 Å². The third-order valence-corrected chi connectivity index (χ3v) is 4.53. The van der Waals surface area contributed by atoms with Gasteiger partial charge in [-0.25, -0.2) is 9.79 Å². The zero-order valence-electron chi connectivity index (χ0n) is 14.0. The van der Waals surface area contributed by atoms with E-state index >= 15 is 0 Å². The average molecular weight is 399 g/mol. The van der Waals surface area contributed by atoms with Gasteiger partial charge in [0, 0.05) is 12.6 Å². The molecule has 0 fully saturated rings. The Morgan fingerprint density at radius 3 is 2.65 bits per heavy atom. The number of nitrogens with zero attached hydrogens (tertiary/aromatic N) is 2. The second-order valence-corrected chi connectivity index (χ2v) is 6.41. The van der Waals surface area contributed by atoms with Gasteiger partial charge in [0.2, 0.25) is 6.23 Å². The number of allylic oxidation sites excluding steroid dienone is 2. The van der Waals surface area contributed by atoms with Crippen LogP contribution in [0.3, 0.4) is 0 Å². The molecule has 1 N–H and O–H groups in total. The van der Waals surface area contributed by atoms with E-state index in [2.05, 4.69) is 4.99 Å². The summed E-state index contributed by atoms with van der Waals surface area (Å²) in [7, 11) is 3.10. The van der Waals surface area contributed by atoms with Crippen LogP contribution in [0.4, 0.5) is 4.79 Å². The number of aliphatic imine (C=N–C) groups is 1. The zero-order chi connectivity index (χ0) is 18.8. The molecule has 1 aromatic rings. The van der Waals surface area contributed by atoms with E-state index in [1.807, 2.05) is 12.1 Å². The molecule has 0 amide bonds. The SMILES string of the molecule is COc1ccc(C2CC(OC(=O)O)N=C3C(Cl)=CC(Cl)=CN32)cc1OC. The highest BCUT2D eigenvalue weighted by Gasteiger charge is 2.35. The molecule has 2 atom stereocenters. The molecule has 0 aliphatic carbocycles. The lowest BCUT2D eigenvalue weighted by Crippen LogP contribution is -2.40. The summed E-state index contributed by atoms with van der Waals surface area (Å²) in [6.45, 7) is 0. The minimum Gasteiger partial charge on any atom is -0.493 e. The van der Waals surface area contributed by atoms with Crippen molar-refractivity contribution in [2.45, 2.75) is 18.7 Å².